The first-order chi connectivity index (χ1) is 14.6. The highest BCUT2D eigenvalue weighted by atomic mass is 19.4. The molecule has 1 saturated heterocycles. The first-order valence-corrected chi connectivity index (χ1v) is 9.73. The fourth-order valence-electron chi connectivity index (χ4n) is 3.35. The molecule has 3 N–H and O–H groups in total. The van der Waals surface area contributed by atoms with E-state index in [-0.39, 0.29) is 29.9 Å². The van der Waals surface area contributed by atoms with E-state index in [0.29, 0.717) is 37.1 Å². The number of alkyl halides is 3. The molecule has 1 aliphatic rings. The van der Waals surface area contributed by atoms with E-state index < -0.39 is 17.6 Å². The van der Waals surface area contributed by atoms with Gasteiger partial charge in [-0.05, 0) is 37.1 Å². The number of hydrogen-bond donors (Lipinski definition) is 2. The molecule has 2 heterocycles. The number of rotatable bonds is 5. The van der Waals surface area contributed by atoms with Gasteiger partial charge in [0.1, 0.15) is 11.6 Å². The van der Waals surface area contributed by atoms with E-state index in [2.05, 4.69) is 15.3 Å². The zero-order valence-corrected chi connectivity index (χ0v) is 17.2. The SMILES string of the molecule is CN(C)C(=O)NCc1cnc(-c2ccc(C(F)(F)F)cc2F)nc1N1CCC(CN)C1. The van der Waals surface area contributed by atoms with Gasteiger partial charge in [-0.2, -0.15) is 13.2 Å². The second-order valence-corrected chi connectivity index (χ2v) is 7.62. The fourth-order valence-corrected chi connectivity index (χ4v) is 3.35. The van der Waals surface area contributed by atoms with Crippen molar-refractivity contribution in [1.82, 2.24) is 20.2 Å². The molecule has 2 aromatic rings. The van der Waals surface area contributed by atoms with Gasteiger partial charge in [0.15, 0.2) is 5.82 Å². The lowest BCUT2D eigenvalue weighted by Crippen LogP contribution is -2.34. The van der Waals surface area contributed by atoms with Gasteiger partial charge in [0.2, 0.25) is 0 Å². The van der Waals surface area contributed by atoms with E-state index in [4.69, 9.17) is 5.73 Å². The van der Waals surface area contributed by atoms with Gasteiger partial charge in [-0.3, -0.25) is 0 Å². The van der Waals surface area contributed by atoms with Gasteiger partial charge >= 0.3 is 12.2 Å². The van der Waals surface area contributed by atoms with Crippen LogP contribution in [0.1, 0.15) is 17.5 Å². The highest BCUT2D eigenvalue weighted by molar-refractivity contribution is 5.73. The normalized spacial score (nSPS) is 16.5. The van der Waals surface area contributed by atoms with Crippen molar-refractivity contribution in [2.24, 2.45) is 11.7 Å². The molecule has 0 aliphatic carbocycles. The third kappa shape index (κ3) is 5.22. The molecule has 0 spiro atoms. The van der Waals surface area contributed by atoms with E-state index in [1.807, 2.05) is 4.90 Å². The number of hydrogen-bond acceptors (Lipinski definition) is 5. The number of amides is 2. The van der Waals surface area contributed by atoms with Gasteiger partial charge in [-0.1, -0.05) is 0 Å². The zero-order valence-electron chi connectivity index (χ0n) is 17.2. The van der Waals surface area contributed by atoms with Gasteiger partial charge < -0.3 is 20.9 Å². The van der Waals surface area contributed by atoms with Crippen molar-refractivity contribution in [3.05, 3.63) is 41.3 Å². The zero-order chi connectivity index (χ0) is 22.8. The minimum absolute atomic E-state index is 0.0277. The molecule has 0 bridgehead atoms. The van der Waals surface area contributed by atoms with Gasteiger partial charge in [-0.25, -0.2) is 19.2 Å². The third-order valence-electron chi connectivity index (χ3n) is 5.13. The number of nitrogens with zero attached hydrogens (tertiary/aromatic N) is 4. The Morgan fingerprint density at radius 2 is 2.10 bits per heavy atom. The summed E-state index contributed by atoms with van der Waals surface area (Å²) in [7, 11) is 3.21. The summed E-state index contributed by atoms with van der Waals surface area (Å²) in [6.07, 6.45) is -2.33. The van der Waals surface area contributed by atoms with Crippen LogP contribution in [0, 0.1) is 11.7 Å². The molecule has 3 rings (SSSR count). The van der Waals surface area contributed by atoms with Gasteiger partial charge in [0, 0.05) is 45.5 Å². The Morgan fingerprint density at radius 3 is 2.68 bits per heavy atom. The molecule has 1 unspecified atom stereocenters. The number of nitrogens with two attached hydrogens (primary N) is 1. The standard InChI is InChI=1S/C20H24F4N6O/c1-29(2)19(31)27-10-13-9-26-17(28-18(13)30-6-5-12(8-25)11-30)15-4-3-14(7-16(15)21)20(22,23)24/h3-4,7,9,12H,5-6,8,10-11,25H2,1-2H3,(H,27,31). The Hall–Kier alpha value is -2.95. The summed E-state index contributed by atoms with van der Waals surface area (Å²) in [5.74, 6) is -0.319. The Labute approximate surface area is 177 Å². The third-order valence-corrected chi connectivity index (χ3v) is 5.13. The summed E-state index contributed by atoms with van der Waals surface area (Å²) in [5, 5.41) is 2.74. The molecule has 7 nitrogen and oxygen atoms in total. The van der Waals surface area contributed by atoms with Gasteiger partial charge in [0.25, 0.3) is 0 Å². The van der Waals surface area contributed by atoms with Crippen molar-refractivity contribution in [2.75, 3.05) is 38.6 Å². The van der Waals surface area contributed by atoms with E-state index in [0.717, 1.165) is 18.6 Å². The number of anilines is 1. The summed E-state index contributed by atoms with van der Waals surface area (Å²) < 4.78 is 53.0. The van der Waals surface area contributed by atoms with Crippen molar-refractivity contribution in [1.29, 1.82) is 0 Å². The predicted molar refractivity (Wildman–Crippen MR) is 108 cm³/mol. The maximum Gasteiger partial charge on any atom is 0.416 e. The van der Waals surface area contributed by atoms with Crippen molar-refractivity contribution in [3.63, 3.8) is 0 Å². The molecule has 31 heavy (non-hydrogen) atoms. The van der Waals surface area contributed by atoms with Crippen LogP contribution in [0.25, 0.3) is 11.4 Å². The highest BCUT2D eigenvalue weighted by Gasteiger charge is 2.32. The van der Waals surface area contributed by atoms with Crippen molar-refractivity contribution < 1.29 is 22.4 Å². The van der Waals surface area contributed by atoms with E-state index >= 15 is 0 Å². The summed E-state index contributed by atoms with van der Waals surface area (Å²) in [6.45, 7) is 1.96. The van der Waals surface area contributed by atoms with Crippen molar-refractivity contribution >= 4 is 11.8 Å². The van der Waals surface area contributed by atoms with Gasteiger partial charge in [0.05, 0.1) is 11.1 Å². The summed E-state index contributed by atoms with van der Waals surface area (Å²) >= 11 is 0. The number of carbonyl (C=O) groups excluding carboxylic acids is 1. The second-order valence-electron chi connectivity index (χ2n) is 7.62. The molecule has 1 aromatic carbocycles. The maximum absolute atomic E-state index is 14.5. The topological polar surface area (TPSA) is 87.4 Å². The summed E-state index contributed by atoms with van der Waals surface area (Å²) in [4.78, 5) is 23.9. The van der Waals surface area contributed by atoms with Crippen LogP contribution in [-0.2, 0) is 12.7 Å². The second kappa shape index (κ2) is 9.04. The molecule has 1 aliphatic heterocycles. The molecule has 168 valence electrons. The Kier molecular flexibility index (Phi) is 6.63. The summed E-state index contributed by atoms with van der Waals surface area (Å²) in [5.41, 5.74) is 5.17. The number of aromatic nitrogens is 2. The lowest BCUT2D eigenvalue weighted by Gasteiger charge is -2.22. The number of urea groups is 1. The molecule has 11 heteroatoms. The lowest BCUT2D eigenvalue weighted by atomic mass is 10.1. The van der Waals surface area contributed by atoms with Crippen LogP contribution in [0.3, 0.4) is 0 Å². The van der Waals surface area contributed by atoms with Crippen LogP contribution in [0.2, 0.25) is 0 Å². The molecule has 0 saturated carbocycles. The molecule has 1 fully saturated rings. The number of benzene rings is 1. The van der Waals surface area contributed by atoms with Crippen LogP contribution >= 0.6 is 0 Å². The molecule has 0 radical (unpaired) electrons. The fraction of sp³-hybridized carbons (Fsp3) is 0.450. The number of carbonyl (C=O) groups is 1. The van der Waals surface area contributed by atoms with Crippen LogP contribution in [0.15, 0.2) is 24.4 Å². The average Bonchev–Trinajstić information content (AvgIpc) is 3.20. The maximum atomic E-state index is 14.5. The average molecular weight is 440 g/mol. The number of halogens is 4. The monoisotopic (exact) mass is 440 g/mol. The van der Waals surface area contributed by atoms with Crippen LogP contribution in [-0.4, -0.2) is 54.6 Å². The Balaban J connectivity index is 1.96. The van der Waals surface area contributed by atoms with Crippen LogP contribution < -0.4 is 16.0 Å². The largest absolute Gasteiger partial charge is 0.416 e. The van der Waals surface area contributed by atoms with Crippen LogP contribution in [0.4, 0.5) is 28.2 Å². The van der Waals surface area contributed by atoms with E-state index in [1.54, 1.807) is 14.1 Å². The van der Waals surface area contributed by atoms with E-state index in [1.165, 1.54) is 11.1 Å². The summed E-state index contributed by atoms with van der Waals surface area (Å²) in [6, 6.07) is 1.96. The van der Waals surface area contributed by atoms with E-state index in [9.17, 15) is 22.4 Å². The van der Waals surface area contributed by atoms with Crippen LogP contribution in [0.5, 0.6) is 0 Å². The van der Waals surface area contributed by atoms with Gasteiger partial charge in [-0.15, -0.1) is 0 Å². The van der Waals surface area contributed by atoms with Crippen molar-refractivity contribution in [2.45, 2.75) is 19.1 Å². The first kappa shape index (κ1) is 22.7. The Bertz CT molecular complexity index is 950. The quantitative estimate of drug-likeness (QED) is 0.699. The van der Waals surface area contributed by atoms with Crippen molar-refractivity contribution in [3.8, 4) is 11.4 Å². The minimum Gasteiger partial charge on any atom is -0.356 e. The first-order valence-electron chi connectivity index (χ1n) is 9.73. The smallest absolute Gasteiger partial charge is 0.356 e. The molecular formula is C20H24F4N6O. The molecule has 1 atom stereocenters. The highest BCUT2D eigenvalue weighted by Crippen LogP contribution is 2.33. The molecule has 2 amide bonds. The predicted octanol–water partition coefficient (Wildman–Crippen LogP) is 2.86. The number of nitrogens with one attached hydrogen (secondary N) is 1. The minimum atomic E-state index is -4.65. The molecular weight excluding hydrogens is 416 g/mol. The molecule has 1 aromatic heterocycles. The Morgan fingerprint density at radius 1 is 1.35 bits per heavy atom. The lowest BCUT2D eigenvalue weighted by molar-refractivity contribution is -0.137.